The van der Waals surface area contributed by atoms with Crippen LogP contribution in [0, 0.1) is 0 Å². The van der Waals surface area contributed by atoms with Gasteiger partial charge >= 0.3 is 19.8 Å². The van der Waals surface area contributed by atoms with Crippen LogP contribution in [0.4, 0.5) is 0 Å². The van der Waals surface area contributed by atoms with Gasteiger partial charge in [-0.15, -0.1) is 0 Å². The summed E-state index contributed by atoms with van der Waals surface area (Å²) in [7, 11) is 1.44. The SMILES string of the molecule is CCCCC/C=C/CC(O)CCCCCCCCC(=O)OC(COC(=O)CCCCCCCCCCCCCCCCC)COP(=O)(O)OCC[N+](C)(C)C. The van der Waals surface area contributed by atoms with Gasteiger partial charge < -0.3 is 24.0 Å². The van der Waals surface area contributed by atoms with Gasteiger partial charge in [0.15, 0.2) is 6.10 Å². The molecule has 0 heterocycles. The van der Waals surface area contributed by atoms with Gasteiger partial charge in [0.25, 0.3) is 0 Å². The summed E-state index contributed by atoms with van der Waals surface area (Å²) in [6.45, 7) is 4.31. The second kappa shape index (κ2) is 37.0. The van der Waals surface area contributed by atoms with Gasteiger partial charge in [-0.05, 0) is 38.5 Å². The third-order valence-corrected chi connectivity index (χ3v) is 10.9. The number of aliphatic hydroxyl groups excluding tert-OH is 1. The third-order valence-electron chi connectivity index (χ3n) is 9.87. The Labute approximate surface area is 338 Å². The number of carbonyl (C=O) groups excluding carboxylic acids is 2. The number of likely N-dealkylation sites (N-methyl/N-ethyl adjacent to an activating group) is 1. The fraction of sp³-hybridized carbons (Fsp3) is 0.909. The Bertz CT molecular complexity index is 971. The predicted octanol–water partition coefficient (Wildman–Crippen LogP) is 11.6. The zero-order valence-electron chi connectivity index (χ0n) is 36.3. The molecular formula is C44H87NO9P+. The molecule has 0 aromatic heterocycles. The summed E-state index contributed by atoms with van der Waals surface area (Å²) < 4.78 is 34.3. The Kier molecular flexibility index (Phi) is 36.1. The molecule has 3 unspecified atom stereocenters. The number of quaternary nitrogens is 1. The van der Waals surface area contributed by atoms with E-state index in [2.05, 4.69) is 26.0 Å². The summed E-state index contributed by atoms with van der Waals surface area (Å²) in [4.78, 5) is 35.4. The topological polar surface area (TPSA) is 129 Å². The highest BCUT2D eigenvalue weighted by molar-refractivity contribution is 7.47. The second-order valence-corrected chi connectivity index (χ2v) is 18.1. The van der Waals surface area contributed by atoms with Crippen LogP contribution in [0.5, 0.6) is 0 Å². The van der Waals surface area contributed by atoms with E-state index in [0.29, 0.717) is 17.4 Å². The number of rotatable bonds is 41. The first-order valence-electron chi connectivity index (χ1n) is 22.5. The molecular weight excluding hydrogens is 717 g/mol. The Morgan fingerprint density at radius 3 is 1.62 bits per heavy atom. The molecule has 55 heavy (non-hydrogen) atoms. The van der Waals surface area contributed by atoms with Crippen LogP contribution in [0.15, 0.2) is 12.2 Å². The highest BCUT2D eigenvalue weighted by Crippen LogP contribution is 2.43. The maximum atomic E-state index is 12.7. The van der Waals surface area contributed by atoms with Crippen LogP contribution >= 0.6 is 7.82 Å². The maximum absolute atomic E-state index is 12.7. The van der Waals surface area contributed by atoms with Gasteiger partial charge in [-0.2, -0.15) is 0 Å². The standard InChI is InChI=1S/C44H86NO9P/c1-6-8-10-12-14-15-16-17-18-19-20-21-22-27-31-35-43(47)51-39-42(40-53-55(49,50)52-38-37-45(3,4)5)54-44(48)36-32-28-24-23-26-30-34-41(46)33-29-25-13-11-9-7-2/h25,29,41-42,46H,6-24,26-28,30-40H2,1-5H3/p+1/b29-25+. The van der Waals surface area contributed by atoms with Gasteiger partial charge in [-0.1, -0.05) is 161 Å². The van der Waals surface area contributed by atoms with Crippen LogP contribution in [0.3, 0.4) is 0 Å². The molecule has 0 aliphatic carbocycles. The Morgan fingerprint density at radius 1 is 0.618 bits per heavy atom. The largest absolute Gasteiger partial charge is 0.472 e. The van der Waals surface area contributed by atoms with Crippen LogP contribution in [-0.2, 0) is 32.7 Å². The predicted molar refractivity (Wildman–Crippen MR) is 226 cm³/mol. The molecule has 10 nitrogen and oxygen atoms in total. The smallest absolute Gasteiger partial charge is 0.462 e. The molecule has 326 valence electrons. The molecule has 2 N–H and O–H groups in total. The van der Waals surface area contributed by atoms with Crippen molar-refractivity contribution in [1.82, 2.24) is 0 Å². The first kappa shape index (κ1) is 53.7. The lowest BCUT2D eigenvalue weighted by molar-refractivity contribution is -0.870. The van der Waals surface area contributed by atoms with Crippen LogP contribution in [-0.4, -0.2) is 86.1 Å². The summed E-state index contributed by atoms with van der Waals surface area (Å²) >= 11 is 0. The quantitative estimate of drug-likeness (QED) is 0.0204. The Hall–Kier alpha value is -1.29. The maximum Gasteiger partial charge on any atom is 0.472 e. The number of unbranched alkanes of at least 4 members (excludes halogenated alkanes) is 22. The van der Waals surface area contributed by atoms with Crippen LogP contribution in [0.1, 0.15) is 200 Å². The number of aliphatic hydroxyl groups is 1. The number of esters is 2. The fourth-order valence-electron chi connectivity index (χ4n) is 6.26. The fourth-order valence-corrected chi connectivity index (χ4v) is 7.00. The lowest BCUT2D eigenvalue weighted by atomic mass is 10.0. The van der Waals surface area contributed by atoms with Crippen molar-refractivity contribution in [2.24, 2.45) is 0 Å². The average molecular weight is 805 g/mol. The second-order valence-electron chi connectivity index (χ2n) is 16.6. The van der Waals surface area contributed by atoms with E-state index >= 15 is 0 Å². The van der Waals surface area contributed by atoms with Gasteiger partial charge in [-0.3, -0.25) is 18.6 Å². The van der Waals surface area contributed by atoms with E-state index in [1.54, 1.807) is 0 Å². The molecule has 3 atom stereocenters. The molecule has 0 bridgehead atoms. The summed E-state index contributed by atoms with van der Waals surface area (Å²) in [6, 6.07) is 0. The number of hydrogen-bond acceptors (Lipinski definition) is 8. The van der Waals surface area contributed by atoms with Crippen molar-refractivity contribution >= 4 is 19.8 Å². The number of nitrogens with zero attached hydrogens (tertiary/aromatic N) is 1. The number of carbonyl (C=O) groups is 2. The third kappa shape index (κ3) is 40.7. The number of allylic oxidation sites excluding steroid dienone is 1. The number of hydrogen-bond donors (Lipinski definition) is 2. The van der Waals surface area contributed by atoms with Gasteiger partial charge in [0.1, 0.15) is 19.8 Å². The van der Waals surface area contributed by atoms with Crippen molar-refractivity contribution in [1.29, 1.82) is 0 Å². The van der Waals surface area contributed by atoms with Gasteiger partial charge in [0, 0.05) is 12.8 Å². The van der Waals surface area contributed by atoms with E-state index in [1.165, 1.54) is 96.3 Å². The molecule has 0 aliphatic rings. The van der Waals surface area contributed by atoms with E-state index in [-0.39, 0.29) is 38.1 Å². The molecule has 0 rings (SSSR count). The zero-order chi connectivity index (χ0) is 40.9. The zero-order valence-corrected chi connectivity index (χ0v) is 37.2. The minimum absolute atomic E-state index is 0.0209. The molecule has 0 aromatic carbocycles. The number of ether oxygens (including phenoxy) is 2. The monoisotopic (exact) mass is 805 g/mol. The van der Waals surface area contributed by atoms with Crippen molar-refractivity contribution in [2.45, 2.75) is 212 Å². The van der Waals surface area contributed by atoms with Crippen molar-refractivity contribution in [2.75, 3.05) is 47.5 Å². The van der Waals surface area contributed by atoms with E-state index < -0.39 is 26.5 Å². The molecule has 0 aliphatic heterocycles. The molecule has 0 fully saturated rings. The van der Waals surface area contributed by atoms with Crippen molar-refractivity contribution in [3.63, 3.8) is 0 Å². The first-order chi connectivity index (χ1) is 26.4. The van der Waals surface area contributed by atoms with E-state index in [0.717, 1.165) is 70.6 Å². The van der Waals surface area contributed by atoms with Gasteiger partial charge in [-0.25, -0.2) is 4.57 Å². The average Bonchev–Trinajstić information content (AvgIpc) is 3.13. The number of phosphoric acid groups is 1. The minimum atomic E-state index is -4.39. The normalized spacial score (nSPS) is 14.2. The lowest BCUT2D eigenvalue weighted by Gasteiger charge is -2.24. The highest BCUT2D eigenvalue weighted by Gasteiger charge is 2.27. The van der Waals surface area contributed by atoms with Crippen LogP contribution in [0.25, 0.3) is 0 Å². The molecule has 0 spiro atoms. The molecule has 0 aromatic rings. The van der Waals surface area contributed by atoms with Gasteiger partial charge in [0.05, 0.1) is 33.9 Å². The minimum Gasteiger partial charge on any atom is -0.462 e. The van der Waals surface area contributed by atoms with Crippen molar-refractivity contribution < 1.29 is 47.2 Å². The first-order valence-corrected chi connectivity index (χ1v) is 24.0. The van der Waals surface area contributed by atoms with Crippen LogP contribution in [0.2, 0.25) is 0 Å². The van der Waals surface area contributed by atoms with E-state index in [4.69, 9.17) is 18.5 Å². The van der Waals surface area contributed by atoms with Gasteiger partial charge in [0.2, 0.25) is 0 Å². The molecule has 0 saturated carbocycles. The highest BCUT2D eigenvalue weighted by atomic mass is 31.2. The summed E-state index contributed by atoms with van der Waals surface area (Å²) in [6.07, 6.45) is 34.1. The summed E-state index contributed by atoms with van der Waals surface area (Å²) in [5.41, 5.74) is 0. The lowest BCUT2D eigenvalue weighted by Crippen LogP contribution is -2.37. The van der Waals surface area contributed by atoms with Crippen molar-refractivity contribution in [3.05, 3.63) is 12.2 Å². The van der Waals surface area contributed by atoms with E-state index in [1.807, 2.05) is 21.1 Å². The Balaban J connectivity index is 4.38. The summed E-state index contributed by atoms with van der Waals surface area (Å²) in [5.74, 6) is -0.842. The number of phosphoric ester groups is 1. The van der Waals surface area contributed by atoms with Crippen molar-refractivity contribution in [3.8, 4) is 0 Å². The Morgan fingerprint density at radius 2 is 1.09 bits per heavy atom. The molecule has 0 amide bonds. The molecule has 0 saturated heterocycles. The molecule has 11 heteroatoms. The van der Waals surface area contributed by atoms with Crippen LogP contribution < -0.4 is 0 Å². The summed E-state index contributed by atoms with van der Waals surface area (Å²) in [5, 5.41) is 10.2. The molecule has 0 radical (unpaired) electrons. The van der Waals surface area contributed by atoms with E-state index in [9.17, 15) is 24.2 Å².